The first-order chi connectivity index (χ1) is 11.8. The highest BCUT2D eigenvalue weighted by Crippen LogP contribution is 2.18. The fraction of sp³-hybridized carbons (Fsp3) is 0.263. The van der Waals surface area contributed by atoms with Crippen LogP contribution in [-0.2, 0) is 4.74 Å². The van der Waals surface area contributed by atoms with E-state index in [2.05, 4.69) is 27.0 Å². The van der Waals surface area contributed by atoms with Crippen LogP contribution in [0.25, 0.3) is 0 Å². The summed E-state index contributed by atoms with van der Waals surface area (Å²) in [5.74, 6) is 6.53. The number of carbonyl (C=O) groups is 1. The number of hydrogen-bond acceptors (Lipinski definition) is 4. The van der Waals surface area contributed by atoms with Crippen molar-refractivity contribution in [2.75, 3.05) is 37.7 Å². The predicted molar refractivity (Wildman–Crippen MR) is 92.9 cm³/mol. The number of nitrogens with zero attached hydrogens (tertiary/aromatic N) is 2. The standard InChI is InChI=1S/C19H19N3O2/c23-19(21-11-4-8-16-6-2-1-3-7-16)17-9-5-10-20-18(17)22-12-14-24-15-13-22/h1-3,5-7,9-10H,11-15H2,(H,21,23). The molecule has 1 aromatic carbocycles. The average Bonchev–Trinajstić information content (AvgIpc) is 2.66. The molecule has 0 bridgehead atoms. The van der Waals surface area contributed by atoms with Crippen molar-refractivity contribution in [3.8, 4) is 11.8 Å². The molecule has 0 saturated carbocycles. The molecule has 0 radical (unpaired) electrons. The molecule has 1 fully saturated rings. The molecule has 1 aliphatic rings. The monoisotopic (exact) mass is 321 g/mol. The lowest BCUT2D eigenvalue weighted by Gasteiger charge is -2.29. The summed E-state index contributed by atoms with van der Waals surface area (Å²) < 4.78 is 5.35. The summed E-state index contributed by atoms with van der Waals surface area (Å²) in [7, 11) is 0. The second-order valence-electron chi connectivity index (χ2n) is 5.32. The van der Waals surface area contributed by atoms with E-state index >= 15 is 0 Å². The van der Waals surface area contributed by atoms with Gasteiger partial charge in [-0.3, -0.25) is 4.79 Å². The minimum absolute atomic E-state index is 0.160. The summed E-state index contributed by atoms with van der Waals surface area (Å²) in [6, 6.07) is 13.3. The van der Waals surface area contributed by atoms with Crippen LogP contribution >= 0.6 is 0 Å². The van der Waals surface area contributed by atoms with Gasteiger partial charge in [0.2, 0.25) is 0 Å². The van der Waals surface area contributed by atoms with Crippen LogP contribution in [0.15, 0.2) is 48.7 Å². The third kappa shape index (κ3) is 4.12. The Labute approximate surface area is 141 Å². The van der Waals surface area contributed by atoms with Crippen molar-refractivity contribution in [2.24, 2.45) is 0 Å². The van der Waals surface area contributed by atoms with Crippen LogP contribution in [0.2, 0.25) is 0 Å². The van der Waals surface area contributed by atoms with Crippen LogP contribution in [0.5, 0.6) is 0 Å². The number of benzene rings is 1. The minimum atomic E-state index is -0.160. The van der Waals surface area contributed by atoms with Crippen LogP contribution in [0.3, 0.4) is 0 Å². The Morgan fingerprint density at radius 3 is 2.75 bits per heavy atom. The Morgan fingerprint density at radius 2 is 1.96 bits per heavy atom. The SMILES string of the molecule is O=C(NCC#Cc1ccccc1)c1cccnc1N1CCOCC1. The number of amides is 1. The van der Waals surface area contributed by atoms with E-state index < -0.39 is 0 Å². The molecule has 1 amide bonds. The molecule has 122 valence electrons. The molecule has 0 unspecified atom stereocenters. The molecule has 1 aliphatic heterocycles. The van der Waals surface area contributed by atoms with Crippen LogP contribution in [0.4, 0.5) is 5.82 Å². The van der Waals surface area contributed by atoms with Gasteiger partial charge in [0.05, 0.1) is 25.3 Å². The lowest BCUT2D eigenvalue weighted by atomic mass is 10.2. The van der Waals surface area contributed by atoms with Gasteiger partial charge in [-0.25, -0.2) is 4.98 Å². The highest BCUT2D eigenvalue weighted by molar-refractivity contribution is 5.99. The van der Waals surface area contributed by atoms with E-state index in [4.69, 9.17) is 4.74 Å². The number of nitrogens with one attached hydrogen (secondary N) is 1. The Hall–Kier alpha value is -2.84. The summed E-state index contributed by atoms with van der Waals surface area (Å²) in [4.78, 5) is 18.9. The van der Waals surface area contributed by atoms with Gasteiger partial charge < -0.3 is 15.0 Å². The van der Waals surface area contributed by atoms with Gasteiger partial charge in [-0.1, -0.05) is 30.0 Å². The Bertz CT molecular complexity index is 744. The smallest absolute Gasteiger partial charge is 0.255 e. The number of hydrogen-bond donors (Lipinski definition) is 1. The number of morpholine rings is 1. The van der Waals surface area contributed by atoms with Crippen molar-refractivity contribution in [3.63, 3.8) is 0 Å². The van der Waals surface area contributed by atoms with Crippen LogP contribution in [0, 0.1) is 11.8 Å². The maximum absolute atomic E-state index is 12.4. The topological polar surface area (TPSA) is 54.5 Å². The van der Waals surface area contributed by atoms with Gasteiger partial charge in [0.25, 0.3) is 5.91 Å². The summed E-state index contributed by atoms with van der Waals surface area (Å²) in [5.41, 5.74) is 1.50. The average molecular weight is 321 g/mol. The Morgan fingerprint density at radius 1 is 1.17 bits per heavy atom. The summed E-state index contributed by atoms with van der Waals surface area (Å²) >= 11 is 0. The molecule has 0 atom stereocenters. The minimum Gasteiger partial charge on any atom is -0.378 e. The number of anilines is 1. The fourth-order valence-electron chi connectivity index (χ4n) is 2.49. The fourth-order valence-corrected chi connectivity index (χ4v) is 2.49. The molecule has 5 heteroatoms. The predicted octanol–water partition coefficient (Wildman–Crippen LogP) is 1.70. The van der Waals surface area contributed by atoms with Gasteiger partial charge >= 0.3 is 0 Å². The van der Waals surface area contributed by atoms with Gasteiger partial charge in [-0.15, -0.1) is 0 Å². The molecule has 24 heavy (non-hydrogen) atoms. The molecule has 0 spiro atoms. The summed E-state index contributed by atoms with van der Waals surface area (Å²) in [5, 5.41) is 2.84. The van der Waals surface area contributed by atoms with Crippen molar-refractivity contribution in [3.05, 3.63) is 59.8 Å². The Kier molecular flexibility index (Phi) is 5.44. The van der Waals surface area contributed by atoms with Gasteiger partial charge in [0, 0.05) is 24.8 Å². The number of aromatic nitrogens is 1. The molecule has 1 aromatic heterocycles. The quantitative estimate of drug-likeness (QED) is 0.874. The van der Waals surface area contributed by atoms with Gasteiger partial charge in [0.1, 0.15) is 5.82 Å². The second kappa shape index (κ2) is 8.14. The molecule has 0 aliphatic carbocycles. The first-order valence-corrected chi connectivity index (χ1v) is 7.94. The summed E-state index contributed by atoms with van der Waals surface area (Å²) in [6.45, 7) is 3.09. The molecule has 2 aromatic rings. The highest BCUT2D eigenvalue weighted by Gasteiger charge is 2.19. The molecular formula is C19H19N3O2. The van der Waals surface area contributed by atoms with Crippen molar-refractivity contribution in [1.29, 1.82) is 0 Å². The number of ether oxygens (including phenoxy) is 1. The van der Waals surface area contributed by atoms with Crippen LogP contribution < -0.4 is 10.2 Å². The first kappa shape index (κ1) is 16.0. The van der Waals surface area contributed by atoms with E-state index in [1.807, 2.05) is 30.3 Å². The zero-order chi connectivity index (χ0) is 16.6. The zero-order valence-corrected chi connectivity index (χ0v) is 13.4. The molecule has 2 heterocycles. The van der Waals surface area contributed by atoms with E-state index in [0.717, 1.165) is 18.7 Å². The first-order valence-electron chi connectivity index (χ1n) is 7.94. The maximum atomic E-state index is 12.4. The molecule has 1 saturated heterocycles. The molecule has 5 nitrogen and oxygen atoms in total. The van der Waals surface area contributed by atoms with Crippen molar-refractivity contribution >= 4 is 11.7 Å². The van der Waals surface area contributed by atoms with Crippen molar-refractivity contribution in [2.45, 2.75) is 0 Å². The largest absolute Gasteiger partial charge is 0.378 e. The van der Waals surface area contributed by atoms with E-state index in [1.54, 1.807) is 18.3 Å². The molecule has 3 rings (SSSR count). The third-order valence-electron chi connectivity index (χ3n) is 3.69. The van der Waals surface area contributed by atoms with E-state index in [1.165, 1.54) is 0 Å². The van der Waals surface area contributed by atoms with Crippen LogP contribution in [0.1, 0.15) is 15.9 Å². The highest BCUT2D eigenvalue weighted by atomic mass is 16.5. The maximum Gasteiger partial charge on any atom is 0.255 e. The Balaban J connectivity index is 1.64. The third-order valence-corrected chi connectivity index (χ3v) is 3.69. The zero-order valence-electron chi connectivity index (χ0n) is 13.4. The van der Waals surface area contributed by atoms with Gasteiger partial charge in [-0.05, 0) is 24.3 Å². The van der Waals surface area contributed by atoms with Gasteiger partial charge in [-0.2, -0.15) is 0 Å². The molecular weight excluding hydrogens is 302 g/mol. The van der Waals surface area contributed by atoms with Crippen molar-refractivity contribution < 1.29 is 9.53 Å². The van der Waals surface area contributed by atoms with E-state index in [0.29, 0.717) is 31.1 Å². The number of pyridine rings is 1. The number of rotatable bonds is 3. The van der Waals surface area contributed by atoms with E-state index in [9.17, 15) is 4.79 Å². The normalized spacial score (nSPS) is 13.8. The lowest BCUT2D eigenvalue weighted by Crippen LogP contribution is -2.38. The second-order valence-corrected chi connectivity index (χ2v) is 5.32. The van der Waals surface area contributed by atoms with Gasteiger partial charge in [0.15, 0.2) is 0 Å². The van der Waals surface area contributed by atoms with Crippen molar-refractivity contribution in [1.82, 2.24) is 10.3 Å². The number of carbonyl (C=O) groups excluding carboxylic acids is 1. The van der Waals surface area contributed by atoms with Crippen LogP contribution in [-0.4, -0.2) is 43.7 Å². The molecule has 1 N–H and O–H groups in total. The van der Waals surface area contributed by atoms with E-state index in [-0.39, 0.29) is 5.91 Å². The summed E-state index contributed by atoms with van der Waals surface area (Å²) in [6.07, 6.45) is 1.71. The lowest BCUT2D eigenvalue weighted by molar-refractivity contribution is 0.0956.